The van der Waals surface area contributed by atoms with Crippen LogP contribution in [-0.4, -0.2) is 22.7 Å². The molecule has 1 aromatic rings. The van der Waals surface area contributed by atoms with Gasteiger partial charge in [0.25, 0.3) is 0 Å². The van der Waals surface area contributed by atoms with Gasteiger partial charge in [-0.1, -0.05) is 11.6 Å². The van der Waals surface area contributed by atoms with Crippen LogP contribution in [0.3, 0.4) is 0 Å². The summed E-state index contributed by atoms with van der Waals surface area (Å²) >= 11 is 5.85. The minimum atomic E-state index is -1.08. The molecule has 3 nitrogen and oxygen atoms in total. The highest BCUT2D eigenvalue weighted by atomic mass is 35.5. The number of halogens is 1. The summed E-state index contributed by atoms with van der Waals surface area (Å²) in [5.41, 5.74) is 6.40. The number of anilines is 1. The Labute approximate surface area is 115 Å². The van der Waals surface area contributed by atoms with Crippen molar-refractivity contribution in [2.24, 2.45) is 0 Å². The van der Waals surface area contributed by atoms with Crippen LogP contribution in [0.15, 0.2) is 23.1 Å². The lowest BCUT2D eigenvalue weighted by atomic mass is 9.97. The van der Waals surface area contributed by atoms with E-state index in [0.717, 1.165) is 25.7 Å². The number of nitrogen functional groups attached to an aromatic ring is 1. The zero-order chi connectivity index (χ0) is 13.1. The van der Waals surface area contributed by atoms with Crippen molar-refractivity contribution >= 4 is 28.1 Å². The summed E-state index contributed by atoms with van der Waals surface area (Å²) in [6.07, 6.45) is 4.14. The lowest BCUT2D eigenvalue weighted by molar-refractivity contribution is 0.0725. The predicted octanol–water partition coefficient (Wildman–Crippen LogP) is 2.99. The topological polar surface area (TPSA) is 52.3 Å². The van der Waals surface area contributed by atoms with Crippen molar-refractivity contribution in [1.29, 1.82) is 0 Å². The summed E-state index contributed by atoms with van der Waals surface area (Å²) < 4.78 is 17.9. The number of ether oxygens (including phenoxy) is 1. The zero-order valence-corrected chi connectivity index (χ0v) is 12.0. The maximum absolute atomic E-state index is 12.5. The van der Waals surface area contributed by atoms with Gasteiger partial charge in [-0.05, 0) is 43.9 Å². The molecule has 2 N–H and O–H groups in total. The summed E-state index contributed by atoms with van der Waals surface area (Å²) in [4.78, 5) is 0.696. The van der Waals surface area contributed by atoms with Gasteiger partial charge in [0.05, 0.1) is 21.8 Å². The van der Waals surface area contributed by atoms with Crippen molar-refractivity contribution in [3.8, 4) is 0 Å². The van der Waals surface area contributed by atoms with Crippen LogP contribution in [0.1, 0.15) is 25.7 Å². The van der Waals surface area contributed by atoms with Crippen molar-refractivity contribution in [1.82, 2.24) is 0 Å². The van der Waals surface area contributed by atoms with Crippen LogP contribution in [-0.2, 0) is 15.5 Å². The normalized spacial score (nSPS) is 25.9. The molecule has 1 saturated carbocycles. The molecular weight excluding hydrogens is 270 g/mol. The van der Waals surface area contributed by atoms with Crippen LogP contribution in [0.5, 0.6) is 0 Å². The van der Waals surface area contributed by atoms with E-state index in [-0.39, 0.29) is 11.4 Å². The van der Waals surface area contributed by atoms with E-state index in [9.17, 15) is 4.21 Å². The summed E-state index contributed by atoms with van der Waals surface area (Å²) in [7, 11) is 0.639. The maximum Gasteiger partial charge on any atom is 0.0621 e. The third-order valence-electron chi connectivity index (χ3n) is 3.40. The average Bonchev–Trinajstić information content (AvgIpc) is 2.38. The summed E-state index contributed by atoms with van der Waals surface area (Å²) in [5, 5.41) is 0.707. The van der Waals surface area contributed by atoms with Crippen molar-refractivity contribution in [2.75, 3.05) is 12.8 Å². The maximum atomic E-state index is 12.5. The molecule has 1 aliphatic carbocycles. The zero-order valence-electron chi connectivity index (χ0n) is 10.4. The second-order valence-electron chi connectivity index (χ2n) is 4.63. The van der Waals surface area contributed by atoms with E-state index in [1.165, 1.54) is 0 Å². The molecule has 3 atom stereocenters. The molecule has 1 fully saturated rings. The smallest absolute Gasteiger partial charge is 0.0621 e. The van der Waals surface area contributed by atoms with Crippen molar-refractivity contribution in [2.45, 2.75) is 41.9 Å². The molecule has 1 aliphatic rings. The second-order valence-corrected chi connectivity index (χ2v) is 6.76. The molecule has 0 saturated heterocycles. The Morgan fingerprint density at radius 1 is 1.44 bits per heavy atom. The minimum Gasteiger partial charge on any atom is -0.398 e. The number of rotatable bonds is 3. The van der Waals surface area contributed by atoms with Gasteiger partial charge in [0.1, 0.15) is 0 Å². The molecule has 0 aromatic heterocycles. The van der Waals surface area contributed by atoms with E-state index < -0.39 is 10.8 Å². The van der Waals surface area contributed by atoms with Gasteiger partial charge in [-0.3, -0.25) is 4.21 Å². The molecular formula is C13H18ClNO2S. The van der Waals surface area contributed by atoms with E-state index in [2.05, 4.69) is 0 Å². The number of hydrogen-bond donors (Lipinski definition) is 1. The van der Waals surface area contributed by atoms with Crippen LogP contribution in [0.4, 0.5) is 5.69 Å². The standard InChI is InChI=1S/C13H18ClNO2S/c1-17-10-3-2-4-11(8-10)18(16)13-6-5-9(14)7-12(13)15/h5-7,10-11H,2-4,8,15H2,1H3. The van der Waals surface area contributed by atoms with Crippen LogP contribution in [0.2, 0.25) is 5.02 Å². The van der Waals surface area contributed by atoms with Gasteiger partial charge in [0, 0.05) is 23.1 Å². The fourth-order valence-electron chi connectivity index (χ4n) is 2.39. The van der Waals surface area contributed by atoms with Gasteiger partial charge in [-0.2, -0.15) is 0 Å². The quantitative estimate of drug-likeness (QED) is 0.870. The van der Waals surface area contributed by atoms with Crippen molar-refractivity contribution in [3.63, 3.8) is 0 Å². The summed E-state index contributed by atoms with van der Waals surface area (Å²) in [6, 6.07) is 5.16. The van der Waals surface area contributed by atoms with E-state index in [1.807, 2.05) is 0 Å². The predicted molar refractivity (Wildman–Crippen MR) is 75.3 cm³/mol. The highest BCUT2D eigenvalue weighted by molar-refractivity contribution is 7.85. The molecule has 0 amide bonds. The van der Waals surface area contributed by atoms with E-state index in [1.54, 1.807) is 25.3 Å². The third-order valence-corrected chi connectivity index (χ3v) is 5.48. The molecule has 0 aliphatic heterocycles. The Bertz CT molecular complexity index is 453. The second kappa shape index (κ2) is 6.04. The molecule has 5 heteroatoms. The van der Waals surface area contributed by atoms with E-state index >= 15 is 0 Å². The number of benzene rings is 1. The average molecular weight is 288 g/mol. The molecule has 0 spiro atoms. The van der Waals surface area contributed by atoms with Crippen LogP contribution in [0.25, 0.3) is 0 Å². The first-order valence-corrected chi connectivity index (χ1v) is 7.69. The largest absolute Gasteiger partial charge is 0.398 e. The van der Waals surface area contributed by atoms with Gasteiger partial charge in [-0.15, -0.1) is 0 Å². The molecule has 0 radical (unpaired) electrons. The van der Waals surface area contributed by atoms with Crippen molar-refractivity contribution < 1.29 is 8.95 Å². The molecule has 18 heavy (non-hydrogen) atoms. The number of nitrogens with two attached hydrogens (primary N) is 1. The molecule has 100 valence electrons. The fraction of sp³-hybridized carbons (Fsp3) is 0.538. The molecule has 0 heterocycles. The Morgan fingerprint density at radius 3 is 2.89 bits per heavy atom. The van der Waals surface area contributed by atoms with Crippen LogP contribution >= 0.6 is 11.6 Å². The summed E-state index contributed by atoms with van der Waals surface area (Å²) in [5.74, 6) is 0. The Hall–Kier alpha value is -0.580. The lowest BCUT2D eigenvalue weighted by Crippen LogP contribution is -2.28. The third kappa shape index (κ3) is 3.05. The number of methoxy groups -OCH3 is 1. The van der Waals surface area contributed by atoms with Crippen LogP contribution < -0.4 is 5.73 Å². The number of hydrogen-bond acceptors (Lipinski definition) is 3. The monoisotopic (exact) mass is 287 g/mol. The SMILES string of the molecule is COC1CCCC(S(=O)c2ccc(Cl)cc2N)C1. The Balaban J connectivity index is 2.15. The van der Waals surface area contributed by atoms with Crippen LogP contribution in [0, 0.1) is 0 Å². The lowest BCUT2D eigenvalue weighted by Gasteiger charge is -2.27. The fourth-order valence-corrected chi connectivity index (χ4v) is 4.20. The molecule has 0 bridgehead atoms. The summed E-state index contributed by atoms with van der Waals surface area (Å²) in [6.45, 7) is 0. The van der Waals surface area contributed by atoms with Gasteiger partial charge in [0.2, 0.25) is 0 Å². The van der Waals surface area contributed by atoms with E-state index in [4.69, 9.17) is 22.1 Å². The Morgan fingerprint density at radius 2 is 2.22 bits per heavy atom. The minimum absolute atomic E-state index is 0.132. The highest BCUT2D eigenvalue weighted by Crippen LogP contribution is 2.30. The molecule has 2 rings (SSSR count). The first-order valence-electron chi connectivity index (χ1n) is 6.10. The first kappa shape index (κ1) is 13.8. The highest BCUT2D eigenvalue weighted by Gasteiger charge is 2.27. The Kier molecular flexibility index (Phi) is 4.65. The first-order chi connectivity index (χ1) is 8.61. The van der Waals surface area contributed by atoms with Gasteiger partial charge < -0.3 is 10.5 Å². The van der Waals surface area contributed by atoms with Crippen molar-refractivity contribution in [3.05, 3.63) is 23.2 Å². The van der Waals surface area contributed by atoms with E-state index in [0.29, 0.717) is 15.6 Å². The van der Waals surface area contributed by atoms with Gasteiger partial charge in [0.15, 0.2) is 0 Å². The molecule has 1 aromatic carbocycles. The van der Waals surface area contributed by atoms with Gasteiger partial charge in [-0.25, -0.2) is 0 Å². The van der Waals surface area contributed by atoms with Gasteiger partial charge >= 0.3 is 0 Å². The molecule has 3 unspecified atom stereocenters.